The van der Waals surface area contributed by atoms with Crippen LogP contribution in [0.1, 0.15) is 0 Å². The molecule has 0 saturated heterocycles. The topological polar surface area (TPSA) is 16.1 Å². The van der Waals surface area contributed by atoms with E-state index >= 15 is 0 Å². The lowest BCUT2D eigenvalue weighted by atomic mass is 9.97. The van der Waals surface area contributed by atoms with Gasteiger partial charge in [-0.25, -0.2) is 4.98 Å². The number of benzene rings is 8. The SMILES string of the molecule is c1cc(-c2nc3ccccc3s2)cc(N(c2ccc(-c3cccc4ccccc34)cc2)c2ccc(-c3cccc4ccccc34)cc2)c1. The van der Waals surface area contributed by atoms with Crippen LogP contribution in [-0.4, -0.2) is 4.98 Å². The predicted octanol–water partition coefficient (Wildman–Crippen LogP) is 13.1. The molecule has 2 nitrogen and oxygen atoms in total. The molecule has 0 aliphatic rings. The minimum Gasteiger partial charge on any atom is -0.310 e. The molecular formula is C45H30N2S. The van der Waals surface area contributed by atoms with Crippen molar-refractivity contribution >= 4 is 60.2 Å². The molecule has 0 bridgehead atoms. The quantitative estimate of drug-likeness (QED) is 0.182. The Hall–Kier alpha value is -6.03. The van der Waals surface area contributed by atoms with Crippen molar-refractivity contribution in [3.63, 3.8) is 0 Å². The molecule has 1 aromatic heterocycles. The molecular weight excluding hydrogens is 601 g/mol. The van der Waals surface area contributed by atoms with E-state index in [2.05, 4.69) is 181 Å². The molecule has 8 aromatic carbocycles. The van der Waals surface area contributed by atoms with Crippen LogP contribution in [0.15, 0.2) is 182 Å². The van der Waals surface area contributed by atoms with Crippen molar-refractivity contribution in [2.75, 3.05) is 4.90 Å². The zero-order chi connectivity index (χ0) is 31.9. The lowest BCUT2D eigenvalue weighted by molar-refractivity contribution is 1.28. The normalized spacial score (nSPS) is 11.3. The second-order valence-electron chi connectivity index (χ2n) is 12.0. The summed E-state index contributed by atoms with van der Waals surface area (Å²) in [5.41, 5.74) is 10.3. The Kier molecular flexibility index (Phi) is 7.03. The third kappa shape index (κ3) is 5.11. The van der Waals surface area contributed by atoms with Crippen LogP contribution < -0.4 is 4.90 Å². The fraction of sp³-hybridized carbons (Fsp3) is 0. The van der Waals surface area contributed by atoms with Gasteiger partial charge in [-0.05, 0) is 92.3 Å². The summed E-state index contributed by atoms with van der Waals surface area (Å²) in [6.45, 7) is 0. The van der Waals surface area contributed by atoms with Gasteiger partial charge < -0.3 is 4.90 Å². The van der Waals surface area contributed by atoms with Crippen molar-refractivity contribution in [3.8, 4) is 32.8 Å². The van der Waals surface area contributed by atoms with Crippen molar-refractivity contribution in [2.45, 2.75) is 0 Å². The molecule has 0 unspecified atom stereocenters. The number of rotatable bonds is 6. The van der Waals surface area contributed by atoms with Gasteiger partial charge >= 0.3 is 0 Å². The molecule has 9 aromatic rings. The summed E-state index contributed by atoms with van der Waals surface area (Å²) in [5.74, 6) is 0. The second kappa shape index (κ2) is 12.0. The average molecular weight is 631 g/mol. The van der Waals surface area contributed by atoms with E-state index in [9.17, 15) is 0 Å². The average Bonchev–Trinajstić information content (AvgIpc) is 3.60. The molecule has 0 amide bonds. The summed E-state index contributed by atoms with van der Waals surface area (Å²) in [7, 11) is 0. The first-order valence-corrected chi connectivity index (χ1v) is 17.0. The van der Waals surface area contributed by atoms with E-state index in [0.717, 1.165) is 33.1 Å². The molecule has 9 rings (SSSR count). The maximum atomic E-state index is 4.97. The third-order valence-corrected chi connectivity index (χ3v) is 10.2. The number of thiazole rings is 1. The Bertz CT molecular complexity index is 2400. The molecule has 0 atom stereocenters. The van der Waals surface area contributed by atoms with Gasteiger partial charge in [-0.2, -0.15) is 0 Å². The fourth-order valence-electron chi connectivity index (χ4n) is 6.76. The van der Waals surface area contributed by atoms with Crippen molar-refractivity contribution in [3.05, 3.63) is 182 Å². The molecule has 0 radical (unpaired) electrons. The van der Waals surface area contributed by atoms with E-state index in [-0.39, 0.29) is 0 Å². The summed E-state index contributed by atoms with van der Waals surface area (Å²) >= 11 is 1.73. The highest BCUT2D eigenvalue weighted by molar-refractivity contribution is 7.21. The van der Waals surface area contributed by atoms with Gasteiger partial charge in [0.1, 0.15) is 5.01 Å². The van der Waals surface area contributed by atoms with Gasteiger partial charge in [-0.1, -0.05) is 133 Å². The van der Waals surface area contributed by atoms with Crippen LogP contribution in [0.2, 0.25) is 0 Å². The molecule has 0 fully saturated rings. The van der Waals surface area contributed by atoms with Crippen LogP contribution in [0.4, 0.5) is 17.1 Å². The van der Waals surface area contributed by atoms with Crippen LogP contribution >= 0.6 is 11.3 Å². The van der Waals surface area contributed by atoms with Gasteiger partial charge in [-0.3, -0.25) is 0 Å². The van der Waals surface area contributed by atoms with Gasteiger partial charge in [0, 0.05) is 22.6 Å². The largest absolute Gasteiger partial charge is 0.310 e. The highest BCUT2D eigenvalue weighted by Crippen LogP contribution is 2.40. The van der Waals surface area contributed by atoms with Crippen LogP contribution in [0.5, 0.6) is 0 Å². The number of aromatic nitrogens is 1. The smallest absolute Gasteiger partial charge is 0.124 e. The summed E-state index contributed by atoms with van der Waals surface area (Å²) < 4.78 is 1.20. The Balaban J connectivity index is 1.15. The van der Waals surface area contributed by atoms with Gasteiger partial charge in [0.15, 0.2) is 0 Å². The number of nitrogens with zero attached hydrogens (tertiary/aromatic N) is 2. The van der Waals surface area contributed by atoms with E-state index < -0.39 is 0 Å². The predicted molar refractivity (Wildman–Crippen MR) is 206 cm³/mol. The second-order valence-corrected chi connectivity index (χ2v) is 13.1. The summed E-state index contributed by atoms with van der Waals surface area (Å²) in [6, 6.07) is 65.2. The van der Waals surface area contributed by atoms with E-state index in [4.69, 9.17) is 4.98 Å². The third-order valence-electron chi connectivity index (χ3n) is 9.10. The fourth-order valence-corrected chi connectivity index (χ4v) is 7.72. The zero-order valence-electron chi connectivity index (χ0n) is 26.1. The minimum absolute atomic E-state index is 1.02. The first-order valence-electron chi connectivity index (χ1n) is 16.2. The van der Waals surface area contributed by atoms with Gasteiger partial charge in [0.05, 0.1) is 10.2 Å². The minimum atomic E-state index is 1.02. The molecule has 1 heterocycles. The lowest BCUT2D eigenvalue weighted by Gasteiger charge is -2.26. The number of anilines is 3. The van der Waals surface area contributed by atoms with E-state index in [0.29, 0.717) is 0 Å². The zero-order valence-corrected chi connectivity index (χ0v) is 26.9. The van der Waals surface area contributed by atoms with E-state index in [1.807, 2.05) is 6.07 Å². The summed E-state index contributed by atoms with van der Waals surface area (Å²) in [5, 5.41) is 6.04. The number of para-hydroxylation sites is 1. The number of hydrogen-bond acceptors (Lipinski definition) is 3. The van der Waals surface area contributed by atoms with Crippen molar-refractivity contribution in [1.82, 2.24) is 4.98 Å². The first kappa shape index (κ1) is 28.2. The van der Waals surface area contributed by atoms with Crippen molar-refractivity contribution in [1.29, 1.82) is 0 Å². The van der Waals surface area contributed by atoms with Crippen molar-refractivity contribution < 1.29 is 0 Å². The van der Waals surface area contributed by atoms with E-state index in [1.54, 1.807) is 11.3 Å². The maximum absolute atomic E-state index is 4.97. The molecule has 0 saturated carbocycles. The Morgan fingerprint density at radius 1 is 0.396 bits per heavy atom. The van der Waals surface area contributed by atoms with Crippen LogP contribution in [0, 0.1) is 0 Å². The Morgan fingerprint density at radius 3 is 1.52 bits per heavy atom. The van der Waals surface area contributed by atoms with Gasteiger partial charge in [0.2, 0.25) is 0 Å². The first-order chi connectivity index (χ1) is 23.8. The number of hydrogen-bond donors (Lipinski definition) is 0. The van der Waals surface area contributed by atoms with Gasteiger partial charge in [0.25, 0.3) is 0 Å². The highest BCUT2D eigenvalue weighted by Gasteiger charge is 2.16. The molecule has 48 heavy (non-hydrogen) atoms. The van der Waals surface area contributed by atoms with E-state index in [1.165, 1.54) is 48.5 Å². The molecule has 0 N–H and O–H groups in total. The number of fused-ring (bicyclic) bond motifs is 3. The van der Waals surface area contributed by atoms with Crippen LogP contribution in [0.3, 0.4) is 0 Å². The molecule has 3 heteroatoms. The Morgan fingerprint density at radius 2 is 0.917 bits per heavy atom. The monoisotopic (exact) mass is 630 g/mol. The van der Waals surface area contributed by atoms with Crippen molar-refractivity contribution in [2.24, 2.45) is 0 Å². The Labute approximate surface area is 283 Å². The highest BCUT2D eigenvalue weighted by atomic mass is 32.1. The molecule has 0 aliphatic heterocycles. The molecule has 0 aliphatic carbocycles. The molecule has 0 spiro atoms. The standard InChI is InChI=1S/C45H30N2S/c1-3-16-39-31(10-1)12-8-18-41(39)33-22-26-36(27-23-33)47(38-15-7-14-35(30-38)45-46-43-20-5-6-21-44(43)48-45)37-28-24-34(25-29-37)42-19-9-13-32-11-2-4-17-40(32)42/h1-30H. The summed E-state index contributed by atoms with van der Waals surface area (Å²) in [6.07, 6.45) is 0. The van der Waals surface area contributed by atoms with Crippen LogP contribution in [0.25, 0.3) is 64.6 Å². The molecule has 226 valence electrons. The van der Waals surface area contributed by atoms with Gasteiger partial charge in [-0.15, -0.1) is 11.3 Å². The van der Waals surface area contributed by atoms with Crippen LogP contribution in [-0.2, 0) is 0 Å². The maximum Gasteiger partial charge on any atom is 0.124 e. The lowest BCUT2D eigenvalue weighted by Crippen LogP contribution is -2.10. The summed E-state index contributed by atoms with van der Waals surface area (Å²) in [4.78, 5) is 7.31.